The Morgan fingerprint density at radius 1 is 1.09 bits per heavy atom. The zero-order valence-corrected chi connectivity index (χ0v) is 12.4. The molecule has 116 valence electrons. The molecule has 1 aromatic heterocycles. The van der Waals surface area contributed by atoms with Crippen LogP contribution >= 0.6 is 11.3 Å². The van der Waals surface area contributed by atoms with Crippen molar-refractivity contribution in [3.8, 4) is 38.4 Å². The van der Waals surface area contributed by atoms with Crippen LogP contribution in [0.4, 0.5) is 4.79 Å². The van der Waals surface area contributed by atoms with Gasteiger partial charge < -0.3 is 20.1 Å². The fourth-order valence-electron chi connectivity index (χ4n) is 2.05. The zero-order valence-electron chi connectivity index (χ0n) is 11.6. The predicted molar refractivity (Wildman–Crippen MR) is 85.0 cm³/mol. The monoisotopic (exact) mass is 329 g/mol. The first-order valence-corrected chi connectivity index (χ1v) is 7.35. The summed E-state index contributed by atoms with van der Waals surface area (Å²) < 4.78 is 4.75. The average molecular weight is 329 g/mol. The molecular weight excluding hydrogens is 318 g/mol. The summed E-state index contributed by atoms with van der Waals surface area (Å²) in [5.41, 5.74) is 1.14. The summed E-state index contributed by atoms with van der Waals surface area (Å²) in [5.74, 6) is -0.274. The van der Waals surface area contributed by atoms with Gasteiger partial charge >= 0.3 is 6.16 Å². The first-order chi connectivity index (χ1) is 11.0. The first-order valence-electron chi connectivity index (χ1n) is 6.54. The van der Waals surface area contributed by atoms with Gasteiger partial charge in [-0.1, -0.05) is 30.3 Å². The second kappa shape index (κ2) is 5.98. The normalized spacial score (nSPS) is 10.4. The predicted octanol–water partition coefficient (Wildman–Crippen LogP) is 3.95. The lowest BCUT2D eigenvalue weighted by atomic mass is 10.2. The van der Waals surface area contributed by atoms with E-state index in [-0.39, 0.29) is 17.4 Å². The van der Waals surface area contributed by atoms with Crippen molar-refractivity contribution in [1.82, 2.24) is 4.98 Å². The number of carboxylic acid groups (broad SMARTS) is 1. The highest BCUT2D eigenvalue weighted by atomic mass is 32.1. The van der Waals surface area contributed by atoms with Crippen molar-refractivity contribution < 1.29 is 24.9 Å². The number of hydrogen-bond donors (Lipinski definition) is 3. The first kappa shape index (κ1) is 14.9. The van der Waals surface area contributed by atoms with E-state index < -0.39 is 6.16 Å². The molecule has 7 heteroatoms. The number of hydrogen-bond acceptors (Lipinski definition) is 6. The standard InChI is InChI=1S/C16H11NO5S/c18-10-6-7-11(12(19)8-10)15-17-14(22-16(20)21)13(23-15)9-4-2-1-3-5-9/h1-8,18-19H,(H,20,21). The van der Waals surface area contributed by atoms with Gasteiger partial charge in [0.25, 0.3) is 0 Å². The third-order valence-corrected chi connectivity index (χ3v) is 4.15. The van der Waals surface area contributed by atoms with Crippen molar-refractivity contribution >= 4 is 17.5 Å². The lowest BCUT2D eigenvalue weighted by Crippen LogP contribution is -2.04. The molecule has 0 bridgehead atoms. The number of phenols is 2. The van der Waals surface area contributed by atoms with Gasteiger partial charge in [-0.2, -0.15) is 0 Å². The van der Waals surface area contributed by atoms with Gasteiger partial charge in [0.2, 0.25) is 5.88 Å². The number of benzene rings is 2. The minimum atomic E-state index is -1.46. The Balaban J connectivity index is 2.13. The number of thiazole rings is 1. The van der Waals surface area contributed by atoms with Crippen LogP contribution in [-0.2, 0) is 0 Å². The van der Waals surface area contributed by atoms with Crippen LogP contribution in [0.5, 0.6) is 17.4 Å². The average Bonchev–Trinajstić information content (AvgIpc) is 2.91. The Kier molecular flexibility index (Phi) is 3.86. The number of nitrogens with zero attached hydrogens (tertiary/aromatic N) is 1. The minimum Gasteiger partial charge on any atom is -0.508 e. The molecule has 0 unspecified atom stereocenters. The SMILES string of the molecule is O=C(O)Oc1nc(-c2ccc(O)cc2O)sc1-c1ccccc1. The molecular formula is C16H11NO5S. The smallest absolute Gasteiger partial charge is 0.508 e. The number of aromatic nitrogens is 1. The van der Waals surface area contributed by atoms with Crippen LogP contribution in [0.3, 0.4) is 0 Å². The van der Waals surface area contributed by atoms with E-state index in [1.807, 2.05) is 30.3 Å². The molecule has 0 saturated heterocycles. The van der Waals surface area contributed by atoms with Crippen LogP contribution < -0.4 is 4.74 Å². The lowest BCUT2D eigenvalue weighted by molar-refractivity contribution is 0.143. The molecule has 3 N–H and O–H groups in total. The van der Waals surface area contributed by atoms with Gasteiger partial charge in [0.1, 0.15) is 16.5 Å². The van der Waals surface area contributed by atoms with Gasteiger partial charge in [-0.15, -0.1) is 11.3 Å². The fraction of sp³-hybridized carbons (Fsp3) is 0. The second-order valence-corrected chi connectivity index (χ2v) is 5.59. The highest BCUT2D eigenvalue weighted by Gasteiger charge is 2.19. The second-order valence-electron chi connectivity index (χ2n) is 4.59. The molecule has 0 aliphatic carbocycles. The quantitative estimate of drug-likeness (QED) is 0.629. The Morgan fingerprint density at radius 2 is 1.83 bits per heavy atom. The number of phenolic OH excluding ortho intramolecular Hbond substituents is 2. The number of rotatable bonds is 3. The van der Waals surface area contributed by atoms with Gasteiger partial charge in [0.15, 0.2) is 0 Å². The van der Waals surface area contributed by atoms with Gasteiger partial charge in [-0.05, 0) is 17.7 Å². The van der Waals surface area contributed by atoms with Gasteiger partial charge in [-0.25, -0.2) is 9.78 Å². The molecule has 0 spiro atoms. The van der Waals surface area contributed by atoms with Crippen LogP contribution in [0.25, 0.3) is 21.0 Å². The lowest BCUT2D eigenvalue weighted by Gasteiger charge is -2.00. The van der Waals surface area contributed by atoms with E-state index in [1.54, 1.807) is 0 Å². The van der Waals surface area contributed by atoms with Gasteiger partial charge in [-0.3, -0.25) is 0 Å². The summed E-state index contributed by atoms with van der Waals surface area (Å²) in [4.78, 5) is 15.6. The Labute approximate surface area is 134 Å². The summed E-state index contributed by atoms with van der Waals surface area (Å²) in [6, 6.07) is 13.2. The highest BCUT2D eigenvalue weighted by molar-refractivity contribution is 7.18. The zero-order chi connectivity index (χ0) is 16.4. The molecule has 0 aliphatic rings. The highest BCUT2D eigenvalue weighted by Crippen LogP contribution is 2.42. The molecule has 0 saturated carbocycles. The van der Waals surface area contributed by atoms with Crippen LogP contribution in [0, 0.1) is 0 Å². The summed E-state index contributed by atoms with van der Waals surface area (Å²) in [5, 5.41) is 28.6. The molecule has 0 amide bonds. The van der Waals surface area contributed by atoms with E-state index in [4.69, 9.17) is 9.84 Å². The third kappa shape index (κ3) is 3.09. The Hall–Kier alpha value is -3.06. The topological polar surface area (TPSA) is 99.9 Å². The van der Waals surface area contributed by atoms with Crippen LogP contribution in [-0.4, -0.2) is 26.5 Å². The van der Waals surface area contributed by atoms with E-state index in [2.05, 4.69) is 4.98 Å². The molecule has 0 fully saturated rings. The third-order valence-electron chi connectivity index (χ3n) is 3.03. The number of ether oxygens (including phenoxy) is 1. The fourth-order valence-corrected chi connectivity index (χ4v) is 3.08. The molecule has 6 nitrogen and oxygen atoms in total. The summed E-state index contributed by atoms with van der Waals surface area (Å²) >= 11 is 1.19. The summed E-state index contributed by atoms with van der Waals surface area (Å²) in [7, 11) is 0. The van der Waals surface area contributed by atoms with Crippen molar-refractivity contribution in [2.24, 2.45) is 0 Å². The summed E-state index contributed by atoms with van der Waals surface area (Å²) in [6.45, 7) is 0. The van der Waals surface area contributed by atoms with Gasteiger partial charge in [0.05, 0.1) is 10.4 Å². The van der Waals surface area contributed by atoms with E-state index in [1.165, 1.54) is 29.5 Å². The molecule has 0 aliphatic heterocycles. The molecule has 2 aromatic carbocycles. The largest absolute Gasteiger partial charge is 0.512 e. The van der Waals surface area contributed by atoms with Crippen LogP contribution in [0.15, 0.2) is 48.5 Å². The Morgan fingerprint density at radius 3 is 2.48 bits per heavy atom. The molecule has 0 radical (unpaired) electrons. The molecule has 1 heterocycles. The van der Waals surface area contributed by atoms with E-state index >= 15 is 0 Å². The molecule has 3 rings (SSSR count). The Bertz CT molecular complexity index is 860. The maximum absolute atomic E-state index is 10.9. The van der Waals surface area contributed by atoms with Crippen molar-refractivity contribution in [3.63, 3.8) is 0 Å². The van der Waals surface area contributed by atoms with Crippen LogP contribution in [0.2, 0.25) is 0 Å². The number of aromatic hydroxyl groups is 2. The number of carbonyl (C=O) groups is 1. The van der Waals surface area contributed by atoms with Crippen molar-refractivity contribution in [1.29, 1.82) is 0 Å². The summed E-state index contributed by atoms with van der Waals surface area (Å²) in [6.07, 6.45) is -1.46. The van der Waals surface area contributed by atoms with Gasteiger partial charge in [0, 0.05) is 6.07 Å². The maximum atomic E-state index is 10.9. The van der Waals surface area contributed by atoms with E-state index in [9.17, 15) is 15.0 Å². The van der Waals surface area contributed by atoms with E-state index in [0.29, 0.717) is 15.4 Å². The van der Waals surface area contributed by atoms with Crippen molar-refractivity contribution in [2.45, 2.75) is 0 Å². The van der Waals surface area contributed by atoms with Crippen LogP contribution in [0.1, 0.15) is 0 Å². The van der Waals surface area contributed by atoms with Crippen molar-refractivity contribution in [3.05, 3.63) is 48.5 Å². The maximum Gasteiger partial charge on any atom is 0.512 e. The minimum absolute atomic E-state index is 0.0452. The molecule has 23 heavy (non-hydrogen) atoms. The molecule has 3 aromatic rings. The van der Waals surface area contributed by atoms with E-state index in [0.717, 1.165) is 5.56 Å². The van der Waals surface area contributed by atoms with Crippen molar-refractivity contribution in [2.75, 3.05) is 0 Å². The molecule has 0 atom stereocenters.